The fraction of sp³-hybridized carbons (Fsp3) is 0.391. The first-order valence-corrected chi connectivity index (χ1v) is 9.92. The van der Waals surface area contributed by atoms with Crippen molar-refractivity contribution in [1.29, 1.82) is 0 Å². The molecule has 1 fully saturated rings. The van der Waals surface area contributed by atoms with Crippen LogP contribution in [0.2, 0.25) is 0 Å². The normalized spacial score (nSPS) is 25.9. The Hall–Kier alpha value is -2.86. The van der Waals surface area contributed by atoms with E-state index in [1.807, 2.05) is 31.3 Å². The van der Waals surface area contributed by atoms with Gasteiger partial charge < -0.3 is 19.5 Å². The SMILES string of the molecule is CN1CCC2(CC=C(c3cc4ccccc4o3)CC2)C(/C(=C\C(=O)O)C(=O)O)C1. The van der Waals surface area contributed by atoms with Crippen LogP contribution < -0.4 is 0 Å². The van der Waals surface area contributed by atoms with E-state index in [9.17, 15) is 19.8 Å². The lowest BCUT2D eigenvalue weighted by atomic mass is 9.60. The molecule has 2 heterocycles. The molecule has 2 N–H and O–H groups in total. The molecule has 1 saturated heterocycles. The Bertz CT molecular complexity index is 984. The van der Waals surface area contributed by atoms with Crippen molar-refractivity contribution < 1.29 is 24.2 Å². The fourth-order valence-electron chi connectivity index (χ4n) is 4.88. The number of furan rings is 1. The van der Waals surface area contributed by atoms with Gasteiger partial charge in [0.1, 0.15) is 11.3 Å². The van der Waals surface area contributed by atoms with Gasteiger partial charge in [0.2, 0.25) is 0 Å². The van der Waals surface area contributed by atoms with Crippen LogP contribution in [0.4, 0.5) is 0 Å². The minimum Gasteiger partial charge on any atom is -0.478 e. The molecule has 29 heavy (non-hydrogen) atoms. The molecular formula is C23H25NO5. The minimum absolute atomic E-state index is 0.00429. The van der Waals surface area contributed by atoms with Crippen molar-refractivity contribution in [1.82, 2.24) is 4.90 Å². The number of piperidine rings is 1. The van der Waals surface area contributed by atoms with Crippen LogP contribution in [0.5, 0.6) is 0 Å². The van der Waals surface area contributed by atoms with Crippen LogP contribution in [0, 0.1) is 11.3 Å². The van der Waals surface area contributed by atoms with Crippen molar-refractivity contribution in [3.63, 3.8) is 0 Å². The van der Waals surface area contributed by atoms with Gasteiger partial charge in [-0.1, -0.05) is 24.3 Å². The number of para-hydroxylation sites is 1. The van der Waals surface area contributed by atoms with Crippen LogP contribution in [0.1, 0.15) is 31.4 Å². The zero-order valence-electron chi connectivity index (χ0n) is 16.4. The molecule has 0 saturated carbocycles. The van der Waals surface area contributed by atoms with Gasteiger partial charge in [-0.05, 0) is 62.4 Å². The smallest absolute Gasteiger partial charge is 0.332 e. The number of carboxylic acid groups (broad SMARTS) is 2. The molecule has 2 atom stereocenters. The quantitative estimate of drug-likeness (QED) is 0.760. The number of nitrogens with zero attached hydrogens (tertiary/aromatic N) is 1. The highest BCUT2D eigenvalue weighted by molar-refractivity contribution is 5.95. The van der Waals surface area contributed by atoms with Gasteiger partial charge in [0.15, 0.2) is 0 Å². The van der Waals surface area contributed by atoms with Crippen LogP contribution in [0.3, 0.4) is 0 Å². The number of hydrogen-bond donors (Lipinski definition) is 2. The number of benzene rings is 1. The van der Waals surface area contributed by atoms with Gasteiger partial charge in [-0.3, -0.25) is 0 Å². The Labute approximate surface area is 169 Å². The highest BCUT2D eigenvalue weighted by atomic mass is 16.4. The zero-order chi connectivity index (χ0) is 20.6. The predicted molar refractivity (Wildman–Crippen MR) is 109 cm³/mol. The summed E-state index contributed by atoms with van der Waals surface area (Å²) in [7, 11) is 1.96. The molecule has 2 aromatic rings. The number of aliphatic carboxylic acids is 2. The van der Waals surface area contributed by atoms with Gasteiger partial charge in [-0.2, -0.15) is 0 Å². The zero-order valence-corrected chi connectivity index (χ0v) is 16.4. The molecular weight excluding hydrogens is 370 g/mol. The summed E-state index contributed by atoms with van der Waals surface area (Å²) in [4.78, 5) is 25.2. The average Bonchev–Trinajstić information content (AvgIpc) is 3.13. The molecule has 1 aliphatic heterocycles. The topological polar surface area (TPSA) is 91.0 Å². The third kappa shape index (κ3) is 3.72. The second-order valence-electron chi connectivity index (χ2n) is 8.25. The maximum Gasteiger partial charge on any atom is 0.332 e. The number of allylic oxidation sites excluding steroid dienone is 2. The third-order valence-electron chi connectivity index (χ3n) is 6.52. The molecule has 0 bridgehead atoms. The summed E-state index contributed by atoms with van der Waals surface area (Å²) in [5, 5.41) is 20.0. The Morgan fingerprint density at radius 2 is 2.03 bits per heavy atom. The van der Waals surface area contributed by atoms with Crippen molar-refractivity contribution in [2.45, 2.75) is 25.7 Å². The second-order valence-corrected chi connectivity index (χ2v) is 8.25. The first-order valence-electron chi connectivity index (χ1n) is 9.92. The molecule has 6 heteroatoms. The van der Waals surface area contributed by atoms with E-state index in [0.717, 1.165) is 60.6 Å². The lowest BCUT2D eigenvalue weighted by molar-refractivity contribution is -0.136. The monoisotopic (exact) mass is 395 g/mol. The molecule has 0 amide bonds. The van der Waals surface area contributed by atoms with Gasteiger partial charge in [0.25, 0.3) is 0 Å². The number of hydrogen-bond acceptors (Lipinski definition) is 4. The molecule has 1 aliphatic carbocycles. The van der Waals surface area contributed by atoms with Crippen molar-refractivity contribution in [2.24, 2.45) is 11.3 Å². The molecule has 1 aromatic heterocycles. The van der Waals surface area contributed by atoms with E-state index >= 15 is 0 Å². The Morgan fingerprint density at radius 1 is 1.24 bits per heavy atom. The van der Waals surface area contributed by atoms with E-state index in [0.29, 0.717) is 6.54 Å². The minimum atomic E-state index is -1.21. The van der Waals surface area contributed by atoms with Crippen LogP contribution in [-0.2, 0) is 9.59 Å². The van der Waals surface area contributed by atoms with Crippen LogP contribution >= 0.6 is 0 Å². The van der Waals surface area contributed by atoms with Crippen molar-refractivity contribution in [3.8, 4) is 0 Å². The van der Waals surface area contributed by atoms with Gasteiger partial charge in [0, 0.05) is 29.5 Å². The summed E-state index contributed by atoms with van der Waals surface area (Å²) < 4.78 is 6.01. The van der Waals surface area contributed by atoms with E-state index in [2.05, 4.69) is 17.0 Å². The molecule has 152 valence electrons. The molecule has 4 rings (SSSR count). The molecule has 6 nitrogen and oxygen atoms in total. The summed E-state index contributed by atoms with van der Waals surface area (Å²) in [6.07, 6.45) is 6.23. The maximum absolute atomic E-state index is 11.9. The number of fused-ring (bicyclic) bond motifs is 1. The van der Waals surface area contributed by atoms with Gasteiger partial charge in [0.05, 0.1) is 0 Å². The van der Waals surface area contributed by atoms with Crippen LogP contribution in [0.25, 0.3) is 16.5 Å². The van der Waals surface area contributed by atoms with E-state index in [1.165, 1.54) is 0 Å². The largest absolute Gasteiger partial charge is 0.478 e. The van der Waals surface area contributed by atoms with E-state index in [-0.39, 0.29) is 16.9 Å². The lowest BCUT2D eigenvalue weighted by Crippen LogP contribution is -2.48. The Kier molecular flexibility index (Phi) is 5.04. The van der Waals surface area contributed by atoms with E-state index in [1.54, 1.807) is 0 Å². The lowest BCUT2D eigenvalue weighted by Gasteiger charge is -2.49. The maximum atomic E-state index is 11.9. The summed E-state index contributed by atoms with van der Waals surface area (Å²) in [6.45, 7) is 1.43. The van der Waals surface area contributed by atoms with Gasteiger partial charge in [-0.25, -0.2) is 9.59 Å². The standard InChI is InChI=1S/C23H25NO5/c1-24-11-10-23(18(14-24)17(22(27)28)13-21(25)26)8-6-15(7-9-23)20-12-16-4-2-3-5-19(16)29-20/h2-6,12-13,18H,7-11,14H2,1H3,(H,25,26)(H,27,28)/b17-13+. The van der Waals surface area contributed by atoms with Crippen molar-refractivity contribution in [3.05, 3.63) is 53.8 Å². The molecule has 2 aliphatic rings. The van der Waals surface area contributed by atoms with Crippen molar-refractivity contribution >= 4 is 28.5 Å². The van der Waals surface area contributed by atoms with Gasteiger partial charge >= 0.3 is 11.9 Å². The van der Waals surface area contributed by atoms with Crippen LogP contribution in [-0.4, -0.2) is 47.2 Å². The number of rotatable bonds is 4. The Balaban J connectivity index is 1.66. The summed E-state index contributed by atoms with van der Waals surface area (Å²) in [6, 6.07) is 9.96. The number of carboxylic acids is 2. The van der Waals surface area contributed by atoms with Crippen molar-refractivity contribution in [2.75, 3.05) is 20.1 Å². The molecule has 1 spiro atoms. The number of likely N-dealkylation sites (tertiary alicyclic amines) is 1. The second kappa shape index (κ2) is 7.52. The van der Waals surface area contributed by atoms with Crippen LogP contribution in [0.15, 0.2) is 52.5 Å². The average molecular weight is 395 g/mol. The predicted octanol–water partition coefficient (Wildman–Crippen LogP) is 4.03. The highest BCUT2D eigenvalue weighted by Crippen LogP contribution is 2.51. The summed E-state index contributed by atoms with van der Waals surface area (Å²) in [5.41, 5.74) is 1.77. The molecule has 1 aromatic carbocycles. The third-order valence-corrected chi connectivity index (χ3v) is 6.52. The highest BCUT2D eigenvalue weighted by Gasteiger charge is 2.46. The fourth-order valence-corrected chi connectivity index (χ4v) is 4.88. The van der Waals surface area contributed by atoms with Gasteiger partial charge in [-0.15, -0.1) is 0 Å². The summed E-state index contributed by atoms with van der Waals surface area (Å²) in [5.74, 6) is -1.80. The van der Waals surface area contributed by atoms with E-state index < -0.39 is 11.9 Å². The first-order chi connectivity index (χ1) is 13.9. The molecule has 0 radical (unpaired) electrons. The Morgan fingerprint density at radius 3 is 2.69 bits per heavy atom. The van der Waals surface area contributed by atoms with E-state index in [4.69, 9.17) is 4.42 Å². The first kappa shape index (κ1) is 19.5. The summed E-state index contributed by atoms with van der Waals surface area (Å²) >= 11 is 0. The molecule has 2 unspecified atom stereocenters. The number of carbonyl (C=O) groups is 2.